The number of pyridine rings is 1. The predicted molar refractivity (Wildman–Crippen MR) is 137 cm³/mol. The highest BCUT2D eigenvalue weighted by Gasteiger charge is 2.31. The minimum Gasteiger partial charge on any atom is -0.485 e. The molecule has 2 heterocycles. The van der Waals surface area contributed by atoms with Crippen LogP contribution in [-0.2, 0) is 10.0 Å². The van der Waals surface area contributed by atoms with Crippen LogP contribution >= 0.6 is 50.7 Å². The van der Waals surface area contributed by atoms with Crippen LogP contribution in [0.3, 0.4) is 0 Å². The molecule has 1 aromatic heterocycles. The summed E-state index contributed by atoms with van der Waals surface area (Å²) in [5.74, 6) is 0.814. The molecule has 0 bridgehead atoms. The van der Waals surface area contributed by atoms with Crippen LogP contribution in [0.25, 0.3) is 0 Å². The SMILES string of the molecule is C[C@@]1(Oc2cc(NS(=O)(=O)c3cnc(Oc4cccc(Cl)c4Cl)c(Br)c3)ccc2Cl)CCNC1. The van der Waals surface area contributed by atoms with Crippen LogP contribution in [0, 0.1) is 0 Å². The Bertz CT molecular complexity index is 1330. The molecule has 0 radical (unpaired) electrons. The fourth-order valence-electron chi connectivity index (χ4n) is 3.30. The lowest BCUT2D eigenvalue weighted by molar-refractivity contribution is 0.111. The second-order valence-electron chi connectivity index (χ2n) is 7.84. The summed E-state index contributed by atoms with van der Waals surface area (Å²) in [4.78, 5) is 4.04. The zero-order valence-electron chi connectivity index (χ0n) is 17.7. The molecule has 0 aliphatic carbocycles. The lowest BCUT2D eigenvalue weighted by atomic mass is 10.1. The van der Waals surface area contributed by atoms with Crippen molar-refractivity contribution < 1.29 is 17.9 Å². The third-order valence-electron chi connectivity index (χ3n) is 5.08. The van der Waals surface area contributed by atoms with Gasteiger partial charge in [-0.1, -0.05) is 40.9 Å². The van der Waals surface area contributed by atoms with Crippen molar-refractivity contribution in [1.29, 1.82) is 0 Å². The number of nitrogens with zero attached hydrogens (tertiary/aromatic N) is 1. The van der Waals surface area contributed by atoms with Crippen molar-refractivity contribution >= 4 is 66.4 Å². The number of rotatable bonds is 7. The highest BCUT2D eigenvalue weighted by molar-refractivity contribution is 9.10. The Hall–Kier alpha value is -1.75. The minimum atomic E-state index is -3.97. The highest BCUT2D eigenvalue weighted by atomic mass is 79.9. The summed E-state index contributed by atoms with van der Waals surface area (Å²) in [5, 5.41) is 4.18. The van der Waals surface area contributed by atoms with E-state index in [1.165, 1.54) is 12.3 Å². The molecule has 1 saturated heterocycles. The number of hydrogen-bond acceptors (Lipinski definition) is 6. The molecule has 0 saturated carbocycles. The Balaban J connectivity index is 1.54. The Morgan fingerprint density at radius 3 is 2.62 bits per heavy atom. The van der Waals surface area contributed by atoms with Crippen LogP contribution in [0.2, 0.25) is 15.1 Å². The van der Waals surface area contributed by atoms with E-state index in [2.05, 4.69) is 31.0 Å². The van der Waals surface area contributed by atoms with Crippen molar-refractivity contribution in [2.24, 2.45) is 0 Å². The van der Waals surface area contributed by atoms with E-state index in [1.807, 2.05) is 6.92 Å². The molecule has 3 aromatic rings. The first kappa shape index (κ1) is 25.3. The third kappa shape index (κ3) is 5.72. The molecule has 2 N–H and O–H groups in total. The first-order valence-electron chi connectivity index (χ1n) is 10.1. The van der Waals surface area contributed by atoms with Crippen LogP contribution < -0.4 is 19.5 Å². The highest BCUT2D eigenvalue weighted by Crippen LogP contribution is 2.37. The summed E-state index contributed by atoms with van der Waals surface area (Å²) in [5.41, 5.74) is -0.117. The summed E-state index contributed by atoms with van der Waals surface area (Å²) < 4.78 is 40.6. The van der Waals surface area contributed by atoms with Gasteiger partial charge in [-0.25, -0.2) is 13.4 Å². The molecule has 1 aliphatic rings. The second-order valence-corrected chi connectivity index (χ2v) is 11.6. The van der Waals surface area contributed by atoms with Gasteiger partial charge in [0.15, 0.2) is 0 Å². The van der Waals surface area contributed by atoms with Gasteiger partial charge in [0.05, 0.1) is 26.4 Å². The van der Waals surface area contributed by atoms with Crippen LogP contribution in [0.4, 0.5) is 5.69 Å². The Morgan fingerprint density at radius 1 is 1.12 bits per heavy atom. The molecule has 0 spiro atoms. The molecule has 7 nitrogen and oxygen atoms in total. The predicted octanol–water partition coefficient (Wildman–Crippen LogP) is 6.53. The van der Waals surface area contributed by atoms with Crippen LogP contribution in [-0.4, -0.2) is 32.1 Å². The number of aromatic nitrogens is 1. The van der Waals surface area contributed by atoms with Gasteiger partial charge in [-0.15, -0.1) is 0 Å². The molecular formula is C22H19BrCl3N3O4S. The molecular weight excluding hydrogens is 589 g/mol. The molecule has 1 fully saturated rings. The summed E-state index contributed by atoms with van der Waals surface area (Å²) in [7, 11) is -3.97. The van der Waals surface area contributed by atoms with Crippen molar-refractivity contribution in [2.45, 2.75) is 23.8 Å². The monoisotopic (exact) mass is 605 g/mol. The Morgan fingerprint density at radius 2 is 1.91 bits per heavy atom. The average Bonchev–Trinajstić information content (AvgIpc) is 3.21. The van der Waals surface area contributed by atoms with Crippen molar-refractivity contribution in [3.63, 3.8) is 0 Å². The number of hydrogen-bond donors (Lipinski definition) is 2. The number of nitrogens with one attached hydrogen (secondary N) is 2. The standard InChI is InChI=1S/C22H19BrCl3N3O4S/c1-22(7-8-27-12-22)33-19-9-13(5-6-16(19)24)29-34(30,31)14-10-15(23)21(28-11-14)32-18-4-2-3-17(25)20(18)26/h2-6,9-11,27,29H,7-8,12H2,1H3/t22-/m1/s1. The van der Waals surface area contributed by atoms with Gasteiger partial charge in [-0.05, 0) is 59.7 Å². The molecule has 1 aliphatic heterocycles. The fourth-order valence-corrected chi connectivity index (χ4v) is 5.39. The topological polar surface area (TPSA) is 89.5 Å². The molecule has 2 aromatic carbocycles. The first-order valence-corrected chi connectivity index (χ1v) is 13.5. The molecule has 12 heteroatoms. The van der Waals surface area contributed by atoms with Crippen molar-refractivity contribution in [3.8, 4) is 17.4 Å². The van der Waals surface area contributed by atoms with Crippen molar-refractivity contribution in [2.75, 3.05) is 17.8 Å². The van der Waals surface area contributed by atoms with Gasteiger partial charge in [-0.2, -0.15) is 0 Å². The normalized spacial score (nSPS) is 18.0. The number of ether oxygens (including phenoxy) is 2. The molecule has 4 rings (SSSR count). The third-order valence-corrected chi connectivity index (χ3v) is 8.11. The van der Waals surface area contributed by atoms with E-state index < -0.39 is 15.6 Å². The summed E-state index contributed by atoms with van der Waals surface area (Å²) in [6.07, 6.45) is 1.99. The maximum Gasteiger partial charge on any atom is 0.263 e. The minimum absolute atomic E-state index is 0.0757. The number of benzene rings is 2. The Labute approximate surface area is 220 Å². The molecule has 34 heavy (non-hydrogen) atoms. The zero-order valence-corrected chi connectivity index (χ0v) is 22.4. The van der Waals surface area contributed by atoms with E-state index in [4.69, 9.17) is 44.3 Å². The van der Waals surface area contributed by atoms with E-state index in [0.29, 0.717) is 32.5 Å². The van der Waals surface area contributed by atoms with E-state index in [-0.39, 0.29) is 21.5 Å². The van der Waals surface area contributed by atoms with E-state index in [9.17, 15) is 8.42 Å². The second kappa shape index (κ2) is 10.1. The summed E-state index contributed by atoms with van der Waals surface area (Å²) in [6.45, 7) is 3.49. The van der Waals surface area contributed by atoms with Crippen LogP contribution in [0.5, 0.6) is 17.4 Å². The largest absolute Gasteiger partial charge is 0.485 e. The fraction of sp³-hybridized carbons (Fsp3) is 0.227. The number of anilines is 1. The van der Waals surface area contributed by atoms with Gasteiger partial charge in [0.2, 0.25) is 5.88 Å². The quantitative estimate of drug-likeness (QED) is 0.318. The maximum absolute atomic E-state index is 13.0. The maximum atomic E-state index is 13.0. The molecule has 0 amide bonds. The zero-order chi connectivity index (χ0) is 24.5. The van der Waals surface area contributed by atoms with Crippen LogP contribution in [0.15, 0.2) is 58.0 Å². The van der Waals surface area contributed by atoms with E-state index >= 15 is 0 Å². The smallest absolute Gasteiger partial charge is 0.263 e. The molecule has 180 valence electrons. The van der Waals surface area contributed by atoms with Crippen molar-refractivity contribution in [3.05, 3.63) is 68.2 Å². The number of sulfonamides is 1. The number of halogens is 4. The van der Waals surface area contributed by atoms with E-state index in [1.54, 1.807) is 36.4 Å². The first-order chi connectivity index (χ1) is 16.1. The van der Waals surface area contributed by atoms with Gasteiger partial charge >= 0.3 is 0 Å². The summed E-state index contributed by atoms with van der Waals surface area (Å²) in [6, 6.07) is 11.0. The Kier molecular flexibility index (Phi) is 7.52. The lowest BCUT2D eigenvalue weighted by Gasteiger charge is -2.25. The van der Waals surface area contributed by atoms with E-state index in [0.717, 1.165) is 13.0 Å². The summed E-state index contributed by atoms with van der Waals surface area (Å²) >= 11 is 21.7. The molecule has 1 atom stereocenters. The van der Waals surface area contributed by atoms with Crippen LogP contribution in [0.1, 0.15) is 13.3 Å². The van der Waals surface area contributed by atoms with Gasteiger partial charge in [-0.3, -0.25) is 4.72 Å². The van der Waals surface area contributed by atoms with Gasteiger partial charge in [0.1, 0.15) is 27.0 Å². The molecule has 0 unspecified atom stereocenters. The van der Waals surface area contributed by atoms with Gasteiger partial charge in [0, 0.05) is 19.0 Å². The average molecular weight is 608 g/mol. The lowest BCUT2D eigenvalue weighted by Crippen LogP contribution is -2.34. The van der Waals surface area contributed by atoms with Gasteiger partial charge in [0.25, 0.3) is 10.0 Å². The van der Waals surface area contributed by atoms with Gasteiger partial charge < -0.3 is 14.8 Å². The van der Waals surface area contributed by atoms with Crippen molar-refractivity contribution in [1.82, 2.24) is 10.3 Å².